The molecule has 0 saturated carbocycles. The lowest BCUT2D eigenvalue weighted by Gasteiger charge is -2.17. The average Bonchev–Trinajstić information content (AvgIpc) is 2.45. The van der Waals surface area contributed by atoms with Crippen molar-refractivity contribution < 1.29 is 4.39 Å². The van der Waals surface area contributed by atoms with Crippen molar-refractivity contribution in [3.05, 3.63) is 68.9 Å². The van der Waals surface area contributed by atoms with Gasteiger partial charge < -0.3 is 5.32 Å². The second-order valence-electron chi connectivity index (χ2n) is 5.19. The van der Waals surface area contributed by atoms with Crippen molar-refractivity contribution in [2.75, 3.05) is 13.6 Å². The van der Waals surface area contributed by atoms with E-state index in [0.29, 0.717) is 12.3 Å². The normalized spacial score (nSPS) is 12.4. The molecule has 4 heteroatoms. The molecule has 0 aliphatic carbocycles. The third kappa shape index (κ3) is 5.10. The summed E-state index contributed by atoms with van der Waals surface area (Å²) in [5.74, 6) is 0.190. The zero-order valence-electron chi connectivity index (χ0n) is 11.9. The van der Waals surface area contributed by atoms with Crippen LogP contribution in [-0.4, -0.2) is 13.6 Å². The van der Waals surface area contributed by atoms with E-state index in [1.54, 1.807) is 6.07 Å². The minimum atomic E-state index is -0.143. The minimum absolute atomic E-state index is 0.143. The fourth-order valence-electron chi connectivity index (χ4n) is 2.47. The molecular weight excluding hydrogens is 353 g/mol. The van der Waals surface area contributed by atoms with Crippen LogP contribution in [0.4, 0.5) is 4.39 Å². The van der Waals surface area contributed by atoms with Crippen molar-refractivity contribution in [1.29, 1.82) is 0 Å². The highest BCUT2D eigenvalue weighted by molar-refractivity contribution is 9.10. The Morgan fingerprint density at radius 3 is 2.52 bits per heavy atom. The largest absolute Gasteiger partial charge is 0.319 e. The summed E-state index contributed by atoms with van der Waals surface area (Å²) in [7, 11) is 1.92. The Hall–Kier alpha value is -0.900. The summed E-state index contributed by atoms with van der Waals surface area (Å²) in [6.07, 6.45) is 1.60. The van der Waals surface area contributed by atoms with Crippen molar-refractivity contribution in [3.63, 3.8) is 0 Å². The number of benzene rings is 2. The predicted octanol–water partition coefficient (Wildman–Crippen LogP) is 4.86. The van der Waals surface area contributed by atoms with Crippen LogP contribution in [-0.2, 0) is 12.8 Å². The quantitative estimate of drug-likeness (QED) is 0.765. The van der Waals surface area contributed by atoms with Gasteiger partial charge in [0.15, 0.2) is 0 Å². The maximum absolute atomic E-state index is 13.9. The lowest BCUT2D eigenvalue weighted by molar-refractivity contribution is 0.479. The smallest absolute Gasteiger partial charge is 0.126 e. The molecule has 0 aliphatic rings. The maximum Gasteiger partial charge on any atom is 0.126 e. The van der Waals surface area contributed by atoms with Crippen LogP contribution in [0.2, 0.25) is 5.02 Å². The molecule has 2 rings (SSSR count). The molecule has 112 valence electrons. The first-order valence-corrected chi connectivity index (χ1v) is 8.08. The molecule has 21 heavy (non-hydrogen) atoms. The number of rotatable bonds is 6. The predicted molar refractivity (Wildman–Crippen MR) is 90.4 cm³/mol. The third-order valence-electron chi connectivity index (χ3n) is 3.45. The molecule has 0 saturated heterocycles. The number of nitrogens with one attached hydrogen (secondary N) is 1. The molecule has 1 atom stereocenters. The van der Waals surface area contributed by atoms with Crippen LogP contribution in [0.15, 0.2) is 46.9 Å². The van der Waals surface area contributed by atoms with Gasteiger partial charge in [-0.15, -0.1) is 0 Å². The van der Waals surface area contributed by atoms with E-state index in [-0.39, 0.29) is 5.82 Å². The molecule has 0 aliphatic heterocycles. The summed E-state index contributed by atoms with van der Waals surface area (Å²) in [5, 5.41) is 3.93. The van der Waals surface area contributed by atoms with Crippen molar-refractivity contribution >= 4 is 27.5 Å². The third-order valence-corrected chi connectivity index (χ3v) is 4.19. The van der Waals surface area contributed by atoms with Gasteiger partial charge in [-0.2, -0.15) is 0 Å². The molecule has 0 spiro atoms. The van der Waals surface area contributed by atoms with Gasteiger partial charge in [0.2, 0.25) is 0 Å². The summed E-state index contributed by atoms with van der Waals surface area (Å²) >= 11 is 9.31. The molecule has 2 aromatic carbocycles. The van der Waals surface area contributed by atoms with E-state index in [1.807, 2.05) is 37.4 Å². The first kappa shape index (κ1) is 16.5. The second kappa shape index (κ2) is 7.92. The van der Waals surface area contributed by atoms with Crippen LogP contribution in [0, 0.1) is 11.7 Å². The Kier molecular flexibility index (Phi) is 6.22. The topological polar surface area (TPSA) is 12.0 Å². The number of hydrogen-bond acceptors (Lipinski definition) is 1. The highest BCUT2D eigenvalue weighted by atomic mass is 79.9. The lowest BCUT2D eigenvalue weighted by atomic mass is 9.92. The zero-order valence-corrected chi connectivity index (χ0v) is 14.2. The molecule has 0 heterocycles. The van der Waals surface area contributed by atoms with E-state index < -0.39 is 0 Å². The lowest BCUT2D eigenvalue weighted by Crippen LogP contribution is -2.23. The highest BCUT2D eigenvalue weighted by Gasteiger charge is 2.13. The van der Waals surface area contributed by atoms with E-state index in [9.17, 15) is 4.39 Å². The Morgan fingerprint density at radius 1 is 1.14 bits per heavy atom. The first-order chi connectivity index (χ1) is 10.1. The van der Waals surface area contributed by atoms with E-state index in [4.69, 9.17) is 11.6 Å². The van der Waals surface area contributed by atoms with E-state index in [0.717, 1.165) is 28.0 Å². The summed E-state index contributed by atoms with van der Waals surface area (Å²) in [5.41, 5.74) is 1.97. The Balaban J connectivity index is 2.11. The van der Waals surface area contributed by atoms with Crippen LogP contribution < -0.4 is 5.32 Å². The van der Waals surface area contributed by atoms with E-state index >= 15 is 0 Å². The summed E-state index contributed by atoms with van der Waals surface area (Å²) in [4.78, 5) is 0. The molecule has 2 aromatic rings. The van der Waals surface area contributed by atoms with Crippen molar-refractivity contribution in [3.8, 4) is 0 Å². The van der Waals surface area contributed by atoms with Gasteiger partial charge in [-0.05, 0) is 73.8 Å². The fraction of sp³-hybridized carbons (Fsp3) is 0.294. The van der Waals surface area contributed by atoms with Crippen LogP contribution in [0.25, 0.3) is 0 Å². The Morgan fingerprint density at radius 2 is 1.86 bits per heavy atom. The first-order valence-electron chi connectivity index (χ1n) is 6.91. The molecule has 1 unspecified atom stereocenters. The summed E-state index contributed by atoms with van der Waals surface area (Å²) in [6.45, 7) is 0.842. The van der Waals surface area contributed by atoms with E-state index in [1.165, 1.54) is 11.6 Å². The number of hydrogen-bond donors (Lipinski definition) is 1. The maximum atomic E-state index is 13.9. The average molecular weight is 371 g/mol. The van der Waals surface area contributed by atoms with Crippen molar-refractivity contribution in [2.24, 2.45) is 5.92 Å². The molecular formula is C17H18BrClFN. The Labute approximate surface area is 138 Å². The molecule has 0 radical (unpaired) electrons. The molecule has 0 bridgehead atoms. The van der Waals surface area contributed by atoms with Gasteiger partial charge in [0.05, 0.1) is 0 Å². The van der Waals surface area contributed by atoms with Crippen LogP contribution in [0.3, 0.4) is 0 Å². The summed E-state index contributed by atoms with van der Waals surface area (Å²) < 4.78 is 14.8. The second-order valence-corrected chi connectivity index (χ2v) is 6.55. The standard InChI is InChI=1S/C17H18BrClFN/c1-21-11-13(8-12-2-5-16(19)6-3-12)9-14-10-15(18)4-7-17(14)20/h2-7,10,13,21H,8-9,11H2,1H3. The van der Waals surface area contributed by atoms with Gasteiger partial charge in [-0.1, -0.05) is 39.7 Å². The number of halogens is 3. The minimum Gasteiger partial charge on any atom is -0.319 e. The Bertz CT molecular complexity index is 586. The van der Waals surface area contributed by atoms with Crippen molar-refractivity contribution in [2.45, 2.75) is 12.8 Å². The van der Waals surface area contributed by atoms with Crippen LogP contribution in [0.1, 0.15) is 11.1 Å². The van der Waals surface area contributed by atoms with Gasteiger partial charge in [-0.25, -0.2) is 4.39 Å². The van der Waals surface area contributed by atoms with Crippen LogP contribution in [0.5, 0.6) is 0 Å². The zero-order chi connectivity index (χ0) is 15.2. The molecule has 0 amide bonds. The fourth-order valence-corrected chi connectivity index (χ4v) is 3.00. The van der Waals surface area contributed by atoms with Crippen molar-refractivity contribution in [1.82, 2.24) is 5.32 Å². The van der Waals surface area contributed by atoms with Gasteiger partial charge in [0, 0.05) is 9.50 Å². The molecule has 1 nitrogen and oxygen atoms in total. The molecule has 1 N–H and O–H groups in total. The van der Waals surface area contributed by atoms with Gasteiger partial charge in [-0.3, -0.25) is 0 Å². The SMILES string of the molecule is CNCC(Cc1ccc(Cl)cc1)Cc1cc(Br)ccc1F. The monoisotopic (exact) mass is 369 g/mol. The molecule has 0 fully saturated rings. The van der Waals surface area contributed by atoms with Gasteiger partial charge >= 0.3 is 0 Å². The van der Waals surface area contributed by atoms with Gasteiger partial charge in [0.1, 0.15) is 5.82 Å². The van der Waals surface area contributed by atoms with Crippen LogP contribution >= 0.6 is 27.5 Å². The van der Waals surface area contributed by atoms with E-state index in [2.05, 4.69) is 21.2 Å². The van der Waals surface area contributed by atoms with Gasteiger partial charge in [0.25, 0.3) is 0 Å². The highest BCUT2D eigenvalue weighted by Crippen LogP contribution is 2.21. The molecule has 0 aromatic heterocycles. The summed E-state index contributed by atoms with van der Waals surface area (Å²) in [6, 6.07) is 13.0.